The summed E-state index contributed by atoms with van der Waals surface area (Å²) in [7, 11) is 0. The minimum Gasteiger partial charge on any atom is -0.507 e. The Morgan fingerprint density at radius 1 is 1.06 bits per heavy atom. The van der Waals surface area contributed by atoms with Gasteiger partial charge in [-0.2, -0.15) is 13.2 Å². The maximum Gasteiger partial charge on any atom is 0.450 e. The SMILES string of the molecule is C.CC(C)CN(Cc1c(O)ccc2c(=O)c(-c3cccc(Cl)c3)c(C(F)(F)F)oc12)CC(C)C. The van der Waals surface area contributed by atoms with E-state index >= 15 is 0 Å². The third-order valence-electron chi connectivity index (χ3n) is 5.14. The molecule has 0 aliphatic rings. The molecule has 2 aromatic carbocycles. The molecule has 0 atom stereocenters. The first-order valence-corrected chi connectivity index (χ1v) is 11.1. The van der Waals surface area contributed by atoms with Crippen LogP contribution in [0.3, 0.4) is 0 Å². The molecule has 0 saturated heterocycles. The Labute approximate surface area is 203 Å². The second-order valence-corrected chi connectivity index (χ2v) is 9.50. The van der Waals surface area contributed by atoms with Crippen molar-refractivity contribution in [2.75, 3.05) is 13.1 Å². The summed E-state index contributed by atoms with van der Waals surface area (Å²) in [6.07, 6.45) is -4.93. The van der Waals surface area contributed by atoms with Gasteiger partial charge in [0.1, 0.15) is 11.3 Å². The Bertz CT molecular complexity index is 1190. The number of rotatable bonds is 7. The molecule has 0 aliphatic carbocycles. The van der Waals surface area contributed by atoms with Crippen LogP contribution in [0.5, 0.6) is 5.75 Å². The van der Waals surface area contributed by atoms with Crippen molar-refractivity contribution in [1.82, 2.24) is 4.90 Å². The van der Waals surface area contributed by atoms with E-state index in [0.29, 0.717) is 24.9 Å². The second-order valence-electron chi connectivity index (χ2n) is 9.07. The quantitative estimate of drug-likeness (QED) is 0.365. The Morgan fingerprint density at radius 3 is 2.21 bits per heavy atom. The van der Waals surface area contributed by atoms with Crippen molar-refractivity contribution in [3.8, 4) is 16.9 Å². The van der Waals surface area contributed by atoms with Crippen LogP contribution in [0.15, 0.2) is 45.6 Å². The van der Waals surface area contributed by atoms with Gasteiger partial charge in [-0.25, -0.2) is 0 Å². The van der Waals surface area contributed by atoms with E-state index in [-0.39, 0.29) is 46.8 Å². The molecule has 1 aromatic heterocycles. The number of benzene rings is 2. The summed E-state index contributed by atoms with van der Waals surface area (Å²) in [6.45, 7) is 9.64. The molecule has 0 unspecified atom stereocenters. The summed E-state index contributed by atoms with van der Waals surface area (Å²) in [5, 5.41) is 10.7. The largest absolute Gasteiger partial charge is 0.507 e. The van der Waals surface area contributed by atoms with Crippen molar-refractivity contribution < 1.29 is 22.7 Å². The lowest BCUT2D eigenvalue weighted by Crippen LogP contribution is -2.31. The zero-order valence-corrected chi connectivity index (χ0v) is 19.7. The maximum absolute atomic E-state index is 14.0. The highest BCUT2D eigenvalue weighted by Gasteiger charge is 2.40. The van der Waals surface area contributed by atoms with E-state index in [2.05, 4.69) is 0 Å². The highest BCUT2D eigenvalue weighted by Crippen LogP contribution is 2.39. The molecule has 0 aliphatic heterocycles. The van der Waals surface area contributed by atoms with Gasteiger partial charge in [0.15, 0.2) is 0 Å². The molecule has 0 fully saturated rings. The summed E-state index contributed by atoms with van der Waals surface area (Å²) < 4.78 is 47.5. The van der Waals surface area contributed by atoms with E-state index in [9.17, 15) is 23.1 Å². The summed E-state index contributed by atoms with van der Waals surface area (Å²) in [5.74, 6) is -1.03. The standard InChI is InChI=1S/C25H27ClF3NO3.CH4/c1-14(2)11-30(12-15(3)4)13-19-20(31)9-8-18-22(32)21(16-6-5-7-17(26)10-16)24(25(27,28)29)33-23(18)19;/h5-10,14-15,31H,11-13H2,1-4H3;1H4. The minimum atomic E-state index is -4.93. The lowest BCUT2D eigenvalue weighted by atomic mass is 10.00. The van der Waals surface area contributed by atoms with Gasteiger partial charge in [-0.1, -0.05) is 58.9 Å². The number of nitrogens with zero attached hydrogens (tertiary/aromatic N) is 1. The van der Waals surface area contributed by atoms with E-state index in [1.165, 1.54) is 36.4 Å². The average Bonchev–Trinajstić information content (AvgIpc) is 2.68. The first-order valence-electron chi connectivity index (χ1n) is 10.8. The first-order chi connectivity index (χ1) is 15.4. The molecule has 3 rings (SSSR count). The molecule has 1 N–H and O–H groups in total. The van der Waals surface area contributed by atoms with Crippen LogP contribution in [-0.2, 0) is 12.7 Å². The van der Waals surface area contributed by atoms with E-state index in [1.807, 2.05) is 32.6 Å². The van der Waals surface area contributed by atoms with Gasteiger partial charge < -0.3 is 9.52 Å². The van der Waals surface area contributed by atoms with Gasteiger partial charge >= 0.3 is 6.18 Å². The fourth-order valence-electron chi connectivity index (χ4n) is 4.02. The van der Waals surface area contributed by atoms with Gasteiger partial charge in [-0.3, -0.25) is 9.69 Å². The Kier molecular flexibility index (Phi) is 8.83. The lowest BCUT2D eigenvalue weighted by Gasteiger charge is -2.27. The van der Waals surface area contributed by atoms with E-state index in [1.54, 1.807) is 0 Å². The molecule has 0 amide bonds. The number of phenolic OH excluding ortho intramolecular Hbond substituents is 1. The van der Waals surface area contributed by atoms with Crippen LogP contribution in [0.2, 0.25) is 5.02 Å². The summed E-state index contributed by atoms with van der Waals surface area (Å²) in [6, 6.07) is 8.28. The predicted octanol–water partition coefficient (Wildman–Crippen LogP) is 7.59. The smallest absolute Gasteiger partial charge is 0.450 e. The third kappa shape index (κ3) is 6.13. The molecule has 4 nitrogen and oxygen atoms in total. The summed E-state index contributed by atoms with van der Waals surface area (Å²) >= 11 is 5.97. The zero-order valence-electron chi connectivity index (χ0n) is 19.0. The van der Waals surface area contributed by atoms with Crippen LogP contribution in [0, 0.1) is 11.8 Å². The molecular formula is C26H31ClF3NO3. The highest BCUT2D eigenvalue weighted by molar-refractivity contribution is 6.30. The normalized spacial score (nSPS) is 12.1. The number of alkyl halides is 3. The fraction of sp³-hybridized carbons (Fsp3) is 0.423. The van der Waals surface area contributed by atoms with Gasteiger partial charge in [0.2, 0.25) is 11.2 Å². The molecule has 0 spiro atoms. The highest BCUT2D eigenvalue weighted by atomic mass is 35.5. The van der Waals surface area contributed by atoms with Gasteiger partial charge in [-0.05, 0) is 41.7 Å². The molecule has 1 heterocycles. The number of phenols is 1. The molecule has 0 bridgehead atoms. The van der Waals surface area contributed by atoms with Crippen molar-refractivity contribution in [2.24, 2.45) is 11.8 Å². The van der Waals surface area contributed by atoms with Crippen molar-refractivity contribution in [1.29, 1.82) is 0 Å². The maximum atomic E-state index is 14.0. The van der Waals surface area contributed by atoms with Crippen molar-refractivity contribution in [3.05, 3.63) is 63.0 Å². The van der Waals surface area contributed by atoms with Crippen LogP contribution in [0.4, 0.5) is 13.2 Å². The lowest BCUT2D eigenvalue weighted by molar-refractivity contribution is -0.152. The van der Waals surface area contributed by atoms with Crippen molar-refractivity contribution >= 4 is 22.6 Å². The van der Waals surface area contributed by atoms with Gasteiger partial charge in [-0.15, -0.1) is 0 Å². The fourth-order valence-corrected chi connectivity index (χ4v) is 4.21. The molecule has 0 saturated carbocycles. The van der Waals surface area contributed by atoms with Gasteiger partial charge in [0, 0.05) is 24.7 Å². The van der Waals surface area contributed by atoms with Crippen LogP contribution in [0.25, 0.3) is 22.1 Å². The van der Waals surface area contributed by atoms with Crippen LogP contribution >= 0.6 is 11.6 Å². The van der Waals surface area contributed by atoms with E-state index < -0.39 is 22.9 Å². The summed E-state index contributed by atoms with van der Waals surface area (Å²) in [5.41, 5.74) is -1.51. The van der Waals surface area contributed by atoms with E-state index in [0.717, 1.165) is 0 Å². The van der Waals surface area contributed by atoms with Gasteiger partial charge in [0.25, 0.3) is 0 Å². The zero-order chi connectivity index (χ0) is 24.5. The van der Waals surface area contributed by atoms with Crippen LogP contribution in [-0.4, -0.2) is 23.1 Å². The van der Waals surface area contributed by atoms with Crippen LogP contribution in [0.1, 0.15) is 46.4 Å². The number of fused-ring (bicyclic) bond motifs is 1. The van der Waals surface area contributed by atoms with Crippen molar-refractivity contribution in [3.63, 3.8) is 0 Å². The number of hydrogen-bond donors (Lipinski definition) is 1. The van der Waals surface area contributed by atoms with E-state index in [4.69, 9.17) is 16.0 Å². The second kappa shape index (κ2) is 10.8. The molecule has 0 radical (unpaired) electrons. The molecule has 3 aromatic rings. The molecular weight excluding hydrogens is 467 g/mol. The van der Waals surface area contributed by atoms with Crippen molar-refractivity contribution in [2.45, 2.75) is 47.8 Å². The third-order valence-corrected chi connectivity index (χ3v) is 5.37. The Hall–Kier alpha value is -2.51. The predicted molar refractivity (Wildman–Crippen MR) is 131 cm³/mol. The van der Waals surface area contributed by atoms with Gasteiger partial charge in [0.05, 0.1) is 16.5 Å². The number of halogens is 4. The van der Waals surface area contributed by atoms with Crippen LogP contribution < -0.4 is 5.43 Å². The number of hydrogen-bond acceptors (Lipinski definition) is 4. The topological polar surface area (TPSA) is 53.7 Å². The Morgan fingerprint density at radius 2 is 1.68 bits per heavy atom. The monoisotopic (exact) mass is 497 g/mol. The molecule has 8 heteroatoms. The first kappa shape index (κ1) is 27.7. The summed E-state index contributed by atoms with van der Waals surface area (Å²) in [4.78, 5) is 15.4. The average molecular weight is 498 g/mol. The minimum absolute atomic E-state index is 0. The number of aromatic hydroxyl groups is 1. The molecule has 186 valence electrons. The Balaban J connectivity index is 0.00000408. The molecule has 34 heavy (non-hydrogen) atoms.